The first-order valence-corrected chi connectivity index (χ1v) is 13.5. The Hall–Kier alpha value is -2.99. The van der Waals surface area contributed by atoms with Gasteiger partial charge in [-0.05, 0) is 36.6 Å². The Morgan fingerprint density at radius 1 is 1.11 bits per heavy atom. The number of sulfonamides is 1. The van der Waals surface area contributed by atoms with Crippen molar-refractivity contribution in [2.45, 2.75) is 33.4 Å². The average Bonchev–Trinajstić information content (AvgIpc) is 2.78. The summed E-state index contributed by atoms with van der Waals surface area (Å²) in [6.45, 7) is 5.31. The van der Waals surface area contributed by atoms with Crippen molar-refractivity contribution in [3.8, 4) is 0 Å². The molecule has 10 nitrogen and oxygen atoms in total. The second kappa shape index (κ2) is 12.1. The van der Waals surface area contributed by atoms with E-state index in [0.717, 1.165) is 26.7 Å². The van der Waals surface area contributed by atoms with Gasteiger partial charge in [-0.25, -0.2) is 8.42 Å². The molecule has 0 saturated carbocycles. The minimum atomic E-state index is -3.98. The predicted octanol–water partition coefficient (Wildman–Crippen LogP) is 3.31. The number of hydrogen-bond donors (Lipinski definition) is 1. The summed E-state index contributed by atoms with van der Waals surface area (Å²) in [6.07, 6.45) is 0.913. The van der Waals surface area contributed by atoms with E-state index in [1.165, 1.54) is 23.1 Å². The fourth-order valence-electron chi connectivity index (χ4n) is 3.24. The van der Waals surface area contributed by atoms with E-state index in [-0.39, 0.29) is 29.7 Å². The van der Waals surface area contributed by atoms with Crippen molar-refractivity contribution < 1.29 is 22.9 Å². The van der Waals surface area contributed by atoms with Crippen LogP contribution in [0.3, 0.4) is 0 Å². The van der Waals surface area contributed by atoms with E-state index in [4.69, 9.17) is 0 Å². The summed E-state index contributed by atoms with van der Waals surface area (Å²) in [5.74, 6) is -0.799. The van der Waals surface area contributed by atoms with Crippen molar-refractivity contribution in [1.82, 2.24) is 10.2 Å². The Bertz CT molecular complexity index is 1190. The molecule has 0 aliphatic heterocycles. The van der Waals surface area contributed by atoms with Gasteiger partial charge in [0.2, 0.25) is 21.8 Å². The summed E-state index contributed by atoms with van der Waals surface area (Å²) >= 11 is 3.39. The van der Waals surface area contributed by atoms with Crippen molar-refractivity contribution in [2.75, 3.05) is 23.7 Å². The van der Waals surface area contributed by atoms with Crippen LogP contribution in [0, 0.1) is 16.0 Å². The maximum atomic E-state index is 13.5. The number of benzene rings is 2. The largest absolute Gasteiger partial charge is 0.354 e. The average molecular weight is 569 g/mol. The Balaban J connectivity index is 2.41. The van der Waals surface area contributed by atoms with Gasteiger partial charge < -0.3 is 10.2 Å². The number of amides is 2. The molecule has 0 spiro atoms. The molecule has 0 aliphatic rings. The van der Waals surface area contributed by atoms with Gasteiger partial charge in [0.1, 0.15) is 12.6 Å². The molecule has 2 aromatic carbocycles. The Morgan fingerprint density at radius 3 is 2.34 bits per heavy atom. The van der Waals surface area contributed by atoms with Crippen LogP contribution in [0.25, 0.3) is 0 Å². The summed E-state index contributed by atoms with van der Waals surface area (Å²) in [5.41, 5.74) is 0.405. The second-order valence-electron chi connectivity index (χ2n) is 8.51. The molecule has 190 valence electrons. The predicted molar refractivity (Wildman–Crippen MR) is 137 cm³/mol. The van der Waals surface area contributed by atoms with Gasteiger partial charge in [0.05, 0.1) is 16.9 Å². The topological polar surface area (TPSA) is 130 Å². The lowest BCUT2D eigenvalue weighted by molar-refractivity contribution is -0.384. The van der Waals surface area contributed by atoms with E-state index in [1.54, 1.807) is 25.1 Å². The van der Waals surface area contributed by atoms with Crippen LogP contribution < -0.4 is 9.62 Å². The highest BCUT2D eigenvalue weighted by molar-refractivity contribution is 9.10. The summed E-state index contributed by atoms with van der Waals surface area (Å²) in [4.78, 5) is 38.1. The normalized spacial score (nSPS) is 12.2. The van der Waals surface area contributed by atoms with Crippen LogP contribution in [0.5, 0.6) is 0 Å². The number of anilines is 1. The number of carbonyl (C=O) groups excluding carboxylic acids is 2. The smallest absolute Gasteiger partial charge is 0.271 e. The summed E-state index contributed by atoms with van der Waals surface area (Å²) in [5, 5.41) is 14.0. The van der Waals surface area contributed by atoms with E-state index in [9.17, 15) is 28.1 Å². The maximum Gasteiger partial charge on any atom is 0.271 e. The van der Waals surface area contributed by atoms with Crippen molar-refractivity contribution in [1.29, 1.82) is 0 Å². The van der Waals surface area contributed by atoms with Gasteiger partial charge in [0, 0.05) is 29.7 Å². The zero-order valence-electron chi connectivity index (χ0n) is 20.0. The monoisotopic (exact) mass is 568 g/mol. The van der Waals surface area contributed by atoms with Crippen molar-refractivity contribution >= 4 is 49.1 Å². The lowest BCUT2D eigenvalue weighted by Crippen LogP contribution is -2.51. The molecule has 2 amide bonds. The fourth-order valence-corrected chi connectivity index (χ4v) is 4.53. The molecule has 0 aliphatic carbocycles. The summed E-state index contributed by atoms with van der Waals surface area (Å²) < 4.78 is 26.7. The Morgan fingerprint density at radius 2 is 1.77 bits per heavy atom. The third kappa shape index (κ3) is 8.32. The molecule has 2 aromatic rings. The minimum absolute atomic E-state index is 0.0191. The number of halogens is 1. The van der Waals surface area contributed by atoms with Crippen molar-refractivity contribution in [3.05, 3.63) is 68.7 Å². The van der Waals surface area contributed by atoms with Gasteiger partial charge >= 0.3 is 0 Å². The number of carbonyl (C=O) groups is 2. The van der Waals surface area contributed by atoms with Crippen LogP contribution in [0.15, 0.2) is 53.0 Å². The molecule has 1 N–H and O–H groups in total. The number of nitro groups is 1. The number of non-ortho nitro benzene ring substituents is 1. The lowest BCUT2D eigenvalue weighted by atomic mass is 10.1. The van der Waals surface area contributed by atoms with Gasteiger partial charge in [0.25, 0.3) is 5.69 Å². The first-order valence-electron chi connectivity index (χ1n) is 10.8. The van der Waals surface area contributed by atoms with Crippen molar-refractivity contribution in [3.63, 3.8) is 0 Å². The molecular weight excluding hydrogens is 540 g/mol. The number of rotatable bonds is 11. The molecule has 12 heteroatoms. The van der Waals surface area contributed by atoms with Gasteiger partial charge in [0.15, 0.2) is 0 Å². The number of nitro benzene ring substituents is 1. The highest BCUT2D eigenvalue weighted by Crippen LogP contribution is 2.24. The molecule has 35 heavy (non-hydrogen) atoms. The van der Waals surface area contributed by atoms with Crippen LogP contribution in [0.1, 0.15) is 26.3 Å². The van der Waals surface area contributed by atoms with E-state index in [2.05, 4.69) is 21.2 Å². The molecule has 0 aromatic heterocycles. The van der Waals surface area contributed by atoms with Crippen LogP contribution in [0.2, 0.25) is 0 Å². The molecule has 0 fully saturated rings. The van der Waals surface area contributed by atoms with Gasteiger partial charge in [-0.15, -0.1) is 0 Å². The third-order valence-electron chi connectivity index (χ3n) is 5.10. The molecule has 0 heterocycles. The minimum Gasteiger partial charge on any atom is -0.354 e. The maximum absolute atomic E-state index is 13.5. The number of hydrogen-bond acceptors (Lipinski definition) is 6. The fraction of sp³-hybridized carbons (Fsp3) is 0.391. The van der Waals surface area contributed by atoms with E-state index < -0.39 is 33.4 Å². The zero-order chi connectivity index (χ0) is 26.3. The highest BCUT2D eigenvalue weighted by atomic mass is 79.9. The standard InChI is InChI=1S/C23H29BrN4O6S/c1-16(2)13-25-23(30)17(3)26(14-18-7-5-8-19(24)11-18)22(29)15-27(35(4,33)34)20-9-6-10-21(12-20)28(31)32/h5-12,16-17H,13-15H2,1-4H3,(H,25,30). The van der Waals surface area contributed by atoms with Gasteiger partial charge in [-0.3, -0.25) is 24.0 Å². The molecular formula is C23H29BrN4O6S. The quantitative estimate of drug-likeness (QED) is 0.327. The van der Waals surface area contributed by atoms with E-state index in [0.29, 0.717) is 6.54 Å². The van der Waals surface area contributed by atoms with Crippen LogP contribution in [-0.2, 0) is 26.2 Å². The van der Waals surface area contributed by atoms with Crippen LogP contribution in [-0.4, -0.2) is 55.4 Å². The summed E-state index contributed by atoms with van der Waals surface area (Å²) in [6, 6.07) is 11.3. The molecule has 2 rings (SSSR count). The summed E-state index contributed by atoms with van der Waals surface area (Å²) in [7, 11) is -3.98. The zero-order valence-corrected chi connectivity index (χ0v) is 22.4. The number of nitrogens with zero attached hydrogens (tertiary/aromatic N) is 3. The first-order chi connectivity index (χ1) is 16.3. The van der Waals surface area contributed by atoms with Crippen LogP contribution in [0.4, 0.5) is 11.4 Å². The highest BCUT2D eigenvalue weighted by Gasteiger charge is 2.30. The second-order valence-corrected chi connectivity index (χ2v) is 11.3. The third-order valence-corrected chi connectivity index (χ3v) is 6.74. The molecule has 1 atom stereocenters. The molecule has 0 saturated heterocycles. The van der Waals surface area contributed by atoms with E-state index in [1.807, 2.05) is 19.9 Å². The molecule has 1 unspecified atom stereocenters. The van der Waals surface area contributed by atoms with Crippen LogP contribution >= 0.6 is 15.9 Å². The van der Waals surface area contributed by atoms with E-state index >= 15 is 0 Å². The molecule has 0 bridgehead atoms. The first kappa shape index (κ1) is 28.2. The Kier molecular flexibility index (Phi) is 9.78. The van der Waals surface area contributed by atoms with Gasteiger partial charge in [-0.2, -0.15) is 0 Å². The Labute approximate surface area is 213 Å². The SMILES string of the molecule is CC(C)CNC(=O)C(C)N(Cc1cccc(Br)c1)C(=O)CN(c1cccc([N+](=O)[O-])c1)S(C)(=O)=O. The van der Waals surface area contributed by atoms with Gasteiger partial charge in [-0.1, -0.05) is 48.0 Å². The molecule has 0 radical (unpaired) electrons. The lowest BCUT2D eigenvalue weighted by Gasteiger charge is -2.31. The number of nitrogens with one attached hydrogen (secondary N) is 1. The van der Waals surface area contributed by atoms with Crippen molar-refractivity contribution in [2.24, 2.45) is 5.92 Å².